The van der Waals surface area contributed by atoms with Crippen molar-refractivity contribution in [3.63, 3.8) is 0 Å². The van der Waals surface area contributed by atoms with Gasteiger partial charge in [-0.1, -0.05) is 0 Å². The fourth-order valence-corrected chi connectivity index (χ4v) is 5.74. The zero-order valence-electron chi connectivity index (χ0n) is 32.7. The molecule has 0 radical (unpaired) electrons. The molecule has 5 rings (SSSR count). The summed E-state index contributed by atoms with van der Waals surface area (Å²) < 4.78 is 105. The molecule has 1 aliphatic rings. The minimum atomic E-state index is -4.60. The van der Waals surface area contributed by atoms with E-state index in [0.717, 1.165) is 29.4 Å². The van der Waals surface area contributed by atoms with Crippen LogP contribution >= 0.6 is 12.4 Å². The number of Topliss-reactive ketones (excluding diaryl/α,β-unsaturated/α-hetero) is 1. The summed E-state index contributed by atoms with van der Waals surface area (Å²) in [6, 6.07) is 6.10. The molecule has 0 spiro atoms. The lowest BCUT2D eigenvalue weighted by Gasteiger charge is -2.27. The first-order valence-corrected chi connectivity index (χ1v) is 17.6. The number of hydrogen-bond acceptors (Lipinski definition) is 12. The highest BCUT2D eigenvalue weighted by Crippen LogP contribution is 2.31. The lowest BCUT2D eigenvalue weighted by atomic mass is 9.98. The molecule has 1 fully saturated rings. The van der Waals surface area contributed by atoms with Gasteiger partial charge in [0, 0.05) is 55.3 Å². The van der Waals surface area contributed by atoms with E-state index in [-0.39, 0.29) is 67.1 Å². The molecule has 0 bridgehead atoms. The second-order valence-electron chi connectivity index (χ2n) is 13.9. The van der Waals surface area contributed by atoms with Crippen LogP contribution in [0, 0.1) is 0 Å². The fraction of sp³-hybridized carbons (Fsp3) is 0.385. The van der Waals surface area contributed by atoms with Crippen LogP contribution in [0.4, 0.5) is 35.5 Å². The number of rotatable bonds is 9. The number of ketones is 1. The number of aryl methyl sites for hydroxylation is 1. The number of halogens is 8. The van der Waals surface area contributed by atoms with Crippen molar-refractivity contribution >= 4 is 36.2 Å². The van der Waals surface area contributed by atoms with Gasteiger partial charge in [-0.2, -0.15) is 26.3 Å². The third kappa shape index (κ3) is 12.6. The monoisotopic (exact) mass is 872 g/mol. The largest absolute Gasteiger partial charge is 0.465 e. The molecule has 5 heterocycles. The first-order valence-electron chi connectivity index (χ1n) is 17.6. The van der Waals surface area contributed by atoms with E-state index in [1.54, 1.807) is 20.8 Å². The van der Waals surface area contributed by atoms with Gasteiger partial charge in [0.2, 0.25) is 0 Å². The normalized spacial score (nSPS) is 15.2. The van der Waals surface area contributed by atoms with Gasteiger partial charge < -0.3 is 19.9 Å². The summed E-state index contributed by atoms with van der Waals surface area (Å²) in [5.41, 5.74) is 5.07. The molecule has 0 saturated carbocycles. The summed E-state index contributed by atoms with van der Waals surface area (Å²) in [4.78, 5) is 65.3. The maximum Gasteiger partial charge on any atom is 0.433 e. The molecular weight excluding hydrogens is 833 g/mol. The van der Waals surface area contributed by atoms with Crippen LogP contribution in [-0.4, -0.2) is 87.2 Å². The molecule has 60 heavy (non-hydrogen) atoms. The Balaban J connectivity index is 0.000000357. The number of nitrogens with zero attached hydrogens (tertiary/aromatic N) is 5. The summed E-state index contributed by atoms with van der Waals surface area (Å²) in [6.45, 7) is 4.78. The molecule has 0 aliphatic carbocycles. The third-order valence-electron chi connectivity index (χ3n) is 8.60. The summed E-state index contributed by atoms with van der Waals surface area (Å²) in [5, 5.41) is 0. The minimum absolute atomic E-state index is 0. The fourth-order valence-electron chi connectivity index (χ4n) is 5.74. The van der Waals surface area contributed by atoms with Gasteiger partial charge in [-0.15, -0.1) is 12.4 Å². The lowest BCUT2D eigenvalue weighted by molar-refractivity contribution is -0.141. The Morgan fingerprint density at radius 1 is 0.750 bits per heavy atom. The highest BCUT2D eigenvalue weighted by atomic mass is 35.5. The quantitative estimate of drug-likeness (QED) is 0.0990. The molecular formula is C39H40ClF7N6O7. The number of carbonyl (C=O) groups excluding carboxylic acids is 4. The second-order valence-corrected chi connectivity index (χ2v) is 13.9. The Labute approximate surface area is 345 Å². The van der Waals surface area contributed by atoms with Crippen molar-refractivity contribution < 1.29 is 64.1 Å². The Bertz CT molecular complexity index is 2150. The summed E-state index contributed by atoms with van der Waals surface area (Å²) in [7, 11) is 2.40. The van der Waals surface area contributed by atoms with Gasteiger partial charge in [0.25, 0.3) is 0 Å². The van der Waals surface area contributed by atoms with Crippen LogP contribution in [0.1, 0.15) is 76.8 Å². The minimum Gasteiger partial charge on any atom is -0.465 e. The number of esters is 2. The number of carbonyl (C=O) groups is 4. The van der Waals surface area contributed by atoms with Crippen LogP contribution in [-0.2, 0) is 44.3 Å². The molecule has 0 unspecified atom stereocenters. The average Bonchev–Trinajstić information content (AvgIpc) is 3.60. The molecule has 2 N–H and O–H groups in total. The Morgan fingerprint density at radius 3 is 1.62 bits per heavy atom. The zero-order chi connectivity index (χ0) is 43.9. The van der Waals surface area contributed by atoms with Crippen LogP contribution in [0.25, 0.3) is 22.5 Å². The van der Waals surface area contributed by atoms with E-state index in [2.05, 4.69) is 24.7 Å². The van der Waals surface area contributed by atoms with Crippen molar-refractivity contribution in [2.24, 2.45) is 5.73 Å². The first kappa shape index (κ1) is 48.6. The van der Waals surface area contributed by atoms with Crippen molar-refractivity contribution in [1.82, 2.24) is 24.8 Å². The van der Waals surface area contributed by atoms with Crippen molar-refractivity contribution in [3.8, 4) is 22.5 Å². The van der Waals surface area contributed by atoms with Crippen LogP contribution < -0.4 is 5.73 Å². The Kier molecular flexibility index (Phi) is 16.2. The second kappa shape index (κ2) is 20.0. The lowest BCUT2D eigenvalue weighted by Crippen LogP contribution is -2.43. The third-order valence-corrected chi connectivity index (χ3v) is 8.60. The van der Waals surface area contributed by atoms with Crippen LogP contribution in [0.5, 0.6) is 0 Å². The molecule has 2 atom stereocenters. The van der Waals surface area contributed by atoms with Crippen LogP contribution in [0.15, 0.2) is 61.2 Å². The van der Waals surface area contributed by atoms with E-state index < -0.39 is 65.4 Å². The van der Waals surface area contributed by atoms with E-state index in [1.807, 2.05) is 0 Å². The molecule has 0 aromatic carbocycles. The van der Waals surface area contributed by atoms with Crippen molar-refractivity contribution in [2.45, 2.75) is 76.7 Å². The highest BCUT2D eigenvalue weighted by Gasteiger charge is 2.41. The number of alkyl halides is 7. The zero-order valence-corrected chi connectivity index (χ0v) is 33.5. The molecule has 4 aromatic heterocycles. The van der Waals surface area contributed by atoms with Gasteiger partial charge in [-0.3, -0.25) is 29.6 Å². The van der Waals surface area contributed by atoms with E-state index in [4.69, 9.17) is 15.2 Å². The van der Waals surface area contributed by atoms with Crippen molar-refractivity contribution in [3.05, 3.63) is 94.8 Å². The van der Waals surface area contributed by atoms with Crippen LogP contribution in [0.2, 0.25) is 0 Å². The SMILES string of the molecule is COC(=O)c1cnc(-c2ccc(C(F)(F)F)nc2)cc1CCC(=O)[C@@H]1C[C@@H](F)CN1C(=O)OC(C)(C)C.COC(=O)c1cnc(-c2ccc(C(F)(F)F)nc2)cc1CN.Cl. The van der Waals surface area contributed by atoms with Gasteiger partial charge in [0.1, 0.15) is 23.2 Å². The Morgan fingerprint density at radius 2 is 1.22 bits per heavy atom. The summed E-state index contributed by atoms with van der Waals surface area (Å²) in [5.74, 6) is -1.71. The number of likely N-dealkylation sites (tertiary alicyclic amines) is 1. The van der Waals surface area contributed by atoms with E-state index in [1.165, 1.54) is 50.9 Å². The predicted molar refractivity (Wildman–Crippen MR) is 202 cm³/mol. The predicted octanol–water partition coefficient (Wildman–Crippen LogP) is 7.63. The maximum atomic E-state index is 14.2. The van der Waals surface area contributed by atoms with E-state index in [0.29, 0.717) is 22.4 Å². The average molecular weight is 873 g/mol. The van der Waals surface area contributed by atoms with Crippen LogP contribution in [0.3, 0.4) is 0 Å². The molecule has 21 heteroatoms. The number of amides is 1. The highest BCUT2D eigenvalue weighted by molar-refractivity contribution is 5.92. The number of aromatic nitrogens is 4. The van der Waals surface area contributed by atoms with E-state index >= 15 is 0 Å². The van der Waals surface area contributed by atoms with Crippen molar-refractivity contribution in [1.29, 1.82) is 0 Å². The maximum absolute atomic E-state index is 14.2. The summed E-state index contributed by atoms with van der Waals surface area (Å²) >= 11 is 0. The van der Waals surface area contributed by atoms with Gasteiger partial charge in [0.15, 0.2) is 5.78 Å². The van der Waals surface area contributed by atoms with Crippen molar-refractivity contribution in [2.75, 3.05) is 20.8 Å². The van der Waals surface area contributed by atoms with Gasteiger partial charge in [-0.05, 0) is 74.7 Å². The molecule has 1 amide bonds. The molecule has 1 saturated heterocycles. The number of ether oxygens (including phenoxy) is 3. The number of pyridine rings is 4. The van der Waals surface area contributed by atoms with Gasteiger partial charge in [-0.25, -0.2) is 18.8 Å². The standard InChI is InChI=1S/C25H27F4N3O5.C14H12F3N3O2.ClH/c1-24(2,3)37-23(35)32-13-16(26)10-19(32)20(33)7-5-14-9-18(30-12-17(14)22(34)36-4)15-6-8-21(31-11-15)25(27,28)29;1-22-13(21)10-7-19-11(4-9(10)5-18)8-2-3-12(20-6-8)14(15,16)17;/h6,8-9,11-12,16,19H,5,7,10,13H2,1-4H3;2-4,6-7H,5,18H2,1H3;1H/t16-,19+;;/m1../s1. The number of methoxy groups -OCH3 is 2. The Hall–Kier alpha value is -5.76. The van der Waals surface area contributed by atoms with Gasteiger partial charge in [0.05, 0.1) is 49.3 Å². The molecule has 13 nitrogen and oxygen atoms in total. The topological polar surface area (TPSA) is 177 Å². The first-order chi connectivity index (χ1) is 27.6. The van der Waals surface area contributed by atoms with E-state index in [9.17, 15) is 49.9 Å². The summed E-state index contributed by atoms with van der Waals surface area (Å²) in [6.07, 6.45) is -6.99. The molecule has 4 aromatic rings. The molecule has 324 valence electrons. The number of hydrogen-bond donors (Lipinski definition) is 1. The number of nitrogens with two attached hydrogens (primary N) is 1. The van der Waals surface area contributed by atoms with Gasteiger partial charge >= 0.3 is 30.4 Å². The smallest absolute Gasteiger partial charge is 0.433 e. The molecule has 1 aliphatic heterocycles.